The molecule has 132 valence electrons. The van der Waals surface area contributed by atoms with Crippen LogP contribution >= 0.6 is 0 Å². The standard InChI is InChI=1S/C10H17NO.C7H12O4/c11-9-7-1-6-2-8(9)5-10(12,3-6)4-7;1-10-4-3-6(8)5-7(9)11-2/h6-9,12H,1-5,11H2;3-5H2,1-2H3. The van der Waals surface area contributed by atoms with E-state index in [1.54, 1.807) is 0 Å². The molecule has 0 aromatic carbocycles. The zero-order valence-corrected chi connectivity index (χ0v) is 14.1. The molecule has 0 radical (unpaired) electrons. The van der Waals surface area contributed by atoms with Crippen molar-refractivity contribution in [3.8, 4) is 0 Å². The summed E-state index contributed by atoms with van der Waals surface area (Å²) in [7, 11) is 2.76. The molecule has 3 N–H and O–H groups in total. The van der Waals surface area contributed by atoms with Crippen LogP contribution in [-0.2, 0) is 19.1 Å². The summed E-state index contributed by atoms with van der Waals surface area (Å²) >= 11 is 0. The molecule has 6 heteroatoms. The molecule has 4 fully saturated rings. The Bertz CT molecular complexity index is 423. The fourth-order valence-corrected chi connectivity index (χ4v) is 4.56. The lowest BCUT2D eigenvalue weighted by Gasteiger charge is -2.57. The van der Waals surface area contributed by atoms with Gasteiger partial charge in [0.1, 0.15) is 12.2 Å². The quantitative estimate of drug-likeness (QED) is 0.578. The summed E-state index contributed by atoms with van der Waals surface area (Å²) in [6.07, 6.45) is 5.74. The maximum atomic E-state index is 10.8. The lowest BCUT2D eigenvalue weighted by molar-refractivity contribution is -0.143. The van der Waals surface area contributed by atoms with Crippen molar-refractivity contribution in [2.24, 2.45) is 23.5 Å². The number of ether oxygens (including phenoxy) is 2. The molecule has 2 unspecified atom stereocenters. The van der Waals surface area contributed by atoms with E-state index in [0.29, 0.717) is 24.5 Å². The molecular formula is C17H29NO5. The molecule has 0 spiro atoms. The first-order valence-corrected chi connectivity index (χ1v) is 8.42. The topological polar surface area (TPSA) is 98.9 Å². The number of rotatable bonds is 5. The number of methoxy groups -OCH3 is 2. The Balaban J connectivity index is 0.000000168. The van der Waals surface area contributed by atoms with E-state index in [1.165, 1.54) is 27.1 Å². The molecule has 4 aliphatic carbocycles. The zero-order chi connectivity index (χ0) is 17.0. The minimum absolute atomic E-state index is 0.153. The monoisotopic (exact) mass is 327 g/mol. The van der Waals surface area contributed by atoms with E-state index in [4.69, 9.17) is 5.73 Å². The van der Waals surface area contributed by atoms with Crippen molar-refractivity contribution in [2.45, 2.75) is 56.6 Å². The van der Waals surface area contributed by atoms with E-state index in [9.17, 15) is 14.7 Å². The van der Waals surface area contributed by atoms with Gasteiger partial charge in [0.15, 0.2) is 0 Å². The number of hydrogen-bond donors (Lipinski definition) is 2. The van der Waals surface area contributed by atoms with Crippen LogP contribution in [0, 0.1) is 17.8 Å². The fraction of sp³-hybridized carbons (Fsp3) is 0.882. The van der Waals surface area contributed by atoms with Crippen LogP contribution in [0.4, 0.5) is 0 Å². The number of esters is 1. The van der Waals surface area contributed by atoms with Gasteiger partial charge in [0, 0.05) is 19.6 Å². The first-order valence-electron chi connectivity index (χ1n) is 8.42. The molecule has 23 heavy (non-hydrogen) atoms. The summed E-state index contributed by atoms with van der Waals surface area (Å²) in [5, 5.41) is 10.2. The molecule has 2 atom stereocenters. The lowest BCUT2D eigenvalue weighted by atomic mass is 9.52. The molecular weight excluding hydrogens is 298 g/mol. The van der Waals surface area contributed by atoms with Crippen LogP contribution in [0.15, 0.2) is 0 Å². The summed E-state index contributed by atoms with van der Waals surface area (Å²) in [4.78, 5) is 21.3. The Kier molecular flexibility index (Phi) is 6.17. The van der Waals surface area contributed by atoms with E-state index in [-0.39, 0.29) is 24.2 Å². The molecule has 0 aromatic heterocycles. The van der Waals surface area contributed by atoms with Gasteiger partial charge in [-0.1, -0.05) is 0 Å². The Morgan fingerprint density at radius 1 is 1.17 bits per heavy atom. The maximum absolute atomic E-state index is 10.8. The van der Waals surface area contributed by atoms with Crippen molar-refractivity contribution in [2.75, 3.05) is 20.8 Å². The Morgan fingerprint density at radius 3 is 2.26 bits per heavy atom. The van der Waals surface area contributed by atoms with Crippen molar-refractivity contribution in [3.63, 3.8) is 0 Å². The van der Waals surface area contributed by atoms with Crippen molar-refractivity contribution >= 4 is 11.8 Å². The van der Waals surface area contributed by atoms with Crippen LogP contribution in [0.25, 0.3) is 0 Å². The van der Waals surface area contributed by atoms with Crippen LogP contribution in [0.1, 0.15) is 44.9 Å². The normalized spacial score (nSPS) is 37.0. The van der Waals surface area contributed by atoms with Gasteiger partial charge in [-0.15, -0.1) is 0 Å². The fourth-order valence-electron chi connectivity index (χ4n) is 4.56. The van der Waals surface area contributed by atoms with Crippen molar-refractivity contribution in [1.82, 2.24) is 0 Å². The minimum atomic E-state index is -0.494. The van der Waals surface area contributed by atoms with Crippen LogP contribution in [-0.4, -0.2) is 49.3 Å². The molecule has 4 aliphatic rings. The zero-order valence-electron chi connectivity index (χ0n) is 14.1. The lowest BCUT2D eigenvalue weighted by Crippen LogP contribution is -2.59. The Labute approximate surface area is 137 Å². The highest BCUT2D eigenvalue weighted by atomic mass is 16.5. The van der Waals surface area contributed by atoms with Gasteiger partial charge < -0.3 is 20.3 Å². The van der Waals surface area contributed by atoms with Gasteiger partial charge in [0.2, 0.25) is 0 Å². The summed E-state index contributed by atoms with van der Waals surface area (Å²) in [5.74, 6) is 1.43. The number of ketones is 1. The third kappa shape index (κ3) is 4.75. The summed E-state index contributed by atoms with van der Waals surface area (Å²) < 4.78 is 8.95. The molecule has 6 nitrogen and oxygen atoms in total. The molecule has 0 amide bonds. The molecule has 0 aromatic rings. The van der Waals surface area contributed by atoms with Gasteiger partial charge in [0.05, 0.1) is 19.3 Å². The summed E-state index contributed by atoms with van der Waals surface area (Å²) in [6, 6.07) is 0.404. The summed E-state index contributed by atoms with van der Waals surface area (Å²) in [6.45, 7) is 0.357. The van der Waals surface area contributed by atoms with Crippen molar-refractivity contribution in [1.29, 1.82) is 0 Å². The number of nitrogens with two attached hydrogens (primary N) is 1. The number of carbonyl (C=O) groups is 2. The Morgan fingerprint density at radius 2 is 1.78 bits per heavy atom. The first-order chi connectivity index (χ1) is 10.9. The summed E-state index contributed by atoms with van der Waals surface area (Å²) in [5.41, 5.74) is 5.82. The largest absolute Gasteiger partial charge is 0.469 e. The second kappa shape index (κ2) is 7.73. The predicted octanol–water partition coefficient (Wildman–Crippen LogP) is 1.04. The van der Waals surface area contributed by atoms with E-state index in [0.717, 1.165) is 25.2 Å². The van der Waals surface area contributed by atoms with Crippen LogP contribution in [0.2, 0.25) is 0 Å². The minimum Gasteiger partial charge on any atom is -0.469 e. The van der Waals surface area contributed by atoms with Gasteiger partial charge in [-0.05, 0) is 49.9 Å². The first kappa shape index (κ1) is 18.4. The Hall–Kier alpha value is -0.980. The second-order valence-corrected chi connectivity index (χ2v) is 7.31. The highest BCUT2D eigenvalue weighted by molar-refractivity contribution is 5.95. The molecule has 0 aliphatic heterocycles. The van der Waals surface area contributed by atoms with E-state index in [1.807, 2.05) is 0 Å². The van der Waals surface area contributed by atoms with Gasteiger partial charge in [0.25, 0.3) is 0 Å². The maximum Gasteiger partial charge on any atom is 0.313 e. The molecule has 4 bridgehead atoms. The third-order valence-electron chi connectivity index (χ3n) is 5.47. The molecule has 0 heterocycles. The molecule has 4 saturated carbocycles. The van der Waals surface area contributed by atoms with Gasteiger partial charge >= 0.3 is 5.97 Å². The van der Waals surface area contributed by atoms with E-state index < -0.39 is 5.97 Å². The van der Waals surface area contributed by atoms with E-state index in [2.05, 4.69) is 9.47 Å². The smallest absolute Gasteiger partial charge is 0.313 e. The van der Waals surface area contributed by atoms with Crippen LogP contribution < -0.4 is 5.73 Å². The third-order valence-corrected chi connectivity index (χ3v) is 5.47. The van der Waals surface area contributed by atoms with Gasteiger partial charge in [-0.25, -0.2) is 0 Å². The van der Waals surface area contributed by atoms with Gasteiger partial charge in [-0.3, -0.25) is 9.59 Å². The highest BCUT2D eigenvalue weighted by Gasteiger charge is 2.53. The number of Topliss-reactive ketones (excluding diaryl/α,β-unsaturated/α-hetero) is 1. The van der Waals surface area contributed by atoms with Gasteiger partial charge in [-0.2, -0.15) is 0 Å². The number of hydrogen-bond acceptors (Lipinski definition) is 6. The van der Waals surface area contributed by atoms with Crippen molar-refractivity contribution < 1.29 is 24.2 Å². The molecule has 0 saturated heterocycles. The van der Waals surface area contributed by atoms with Crippen LogP contribution in [0.5, 0.6) is 0 Å². The van der Waals surface area contributed by atoms with E-state index >= 15 is 0 Å². The molecule has 4 rings (SSSR count). The second-order valence-electron chi connectivity index (χ2n) is 7.31. The predicted molar refractivity (Wildman–Crippen MR) is 84.6 cm³/mol. The number of aliphatic hydroxyl groups is 1. The average Bonchev–Trinajstić information content (AvgIpc) is 2.49. The van der Waals surface area contributed by atoms with Crippen molar-refractivity contribution in [3.05, 3.63) is 0 Å². The SMILES string of the molecule is COCCC(=O)CC(=O)OC.NC1C2CC3CC1CC(O)(C3)C2. The van der Waals surface area contributed by atoms with Crippen LogP contribution in [0.3, 0.4) is 0 Å². The highest BCUT2D eigenvalue weighted by Crippen LogP contribution is 2.54. The average molecular weight is 327 g/mol. The number of carbonyl (C=O) groups excluding carboxylic acids is 2.